The van der Waals surface area contributed by atoms with Crippen molar-refractivity contribution in [3.8, 4) is 0 Å². The van der Waals surface area contributed by atoms with E-state index in [2.05, 4.69) is 34.7 Å². The molecule has 9 heavy (non-hydrogen) atoms. The lowest BCUT2D eigenvalue weighted by atomic mass is 10.3. The van der Waals surface area contributed by atoms with Gasteiger partial charge in [-0.15, -0.1) is 0 Å². The average Bonchev–Trinajstić information content (AvgIpc) is 1.64. The molecule has 58 valence electrons. The number of quaternary nitrogens is 1. The van der Waals surface area contributed by atoms with Crippen molar-refractivity contribution in [2.75, 3.05) is 7.05 Å². The Balaban J connectivity index is 0. The third kappa shape index (κ3) is 4.91. The van der Waals surface area contributed by atoms with Crippen LogP contribution in [0.25, 0.3) is 0 Å². The minimum absolute atomic E-state index is 0. The highest BCUT2D eigenvalue weighted by Gasteiger charge is 2.08. The van der Waals surface area contributed by atoms with Gasteiger partial charge < -0.3 is 21.9 Å². The van der Waals surface area contributed by atoms with E-state index in [1.54, 1.807) is 4.90 Å². The number of hydrogen-bond acceptors (Lipinski definition) is 0. The lowest BCUT2D eigenvalue weighted by Crippen LogP contribution is -3.15. The molecule has 0 aliphatic rings. The zero-order chi connectivity index (χ0) is 6.73. The molecule has 0 aromatic carbocycles. The van der Waals surface area contributed by atoms with Crippen molar-refractivity contribution in [2.24, 2.45) is 0 Å². The number of rotatable bonds is 2. The molecule has 1 N–H and O–H groups in total. The van der Waals surface area contributed by atoms with Crippen LogP contribution in [0.3, 0.4) is 0 Å². The van der Waals surface area contributed by atoms with Crippen molar-refractivity contribution < 1.29 is 21.9 Å². The second-order valence-electron chi connectivity index (χ2n) is 3.05. The van der Waals surface area contributed by atoms with Gasteiger partial charge in [0.2, 0.25) is 0 Å². The Bertz CT molecular complexity index is 53.9. The van der Waals surface area contributed by atoms with Gasteiger partial charge in [-0.1, -0.05) is 0 Å². The molecule has 0 heterocycles. The van der Waals surface area contributed by atoms with Crippen molar-refractivity contribution in [2.45, 2.75) is 39.8 Å². The Morgan fingerprint density at radius 3 is 1.11 bits per heavy atom. The fourth-order valence-electron chi connectivity index (χ4n) is 0.667. The summed E-state index contributed by atoms with van der Waals surface area (Å²) in [5, 5.41) is 0. The molecular formula is C7H18BrN. The largest absolute Gasteiger partial charge is 1.00 e. The lowest BCUT2D eigenvalue weighted by Gasteiger charge is -2.21. The first-order chi connectivity index (χ1) is 3.55. The maximum absolute atomic E-state index is 2.25. The van der Waals surface area contributed by atoms with Gasteiger partial charge in [-0.3, -0.25) is 0 Å². The smallest absolute Gasteiger partial charge is 0.0817 e. The molecule has 0 unspecified atom stereocenters. The molecule has 2 heteroatoms. The third-order valence-electron chi connectivity index (χ3n) is 1.82. The van der Waals surface area contributed by atoms with E-state index in [1.165, 1.54) is 0 Å². The minimum atomic E-state index is 0. The summed E-state index contributed by atoms with van der Waals surface area (Å²) in [6, 6.07) is 1.52. The fourth-order valence-corrected chi connectivity index (χ4v) is 0.667. The molecule has 0 atom stereocenters. The molecule has 0 saturated carbocycles. The summed E-state index contributed by atoms with van der Waals surface area (Å²) in [6.45, 7) is 8.98. The lowest BCUT2D eigenvalue weighted by molar-refractivity contribution is -0.923. The molecule has 1 nitrogen and oxygen atoms in total. The van der Waals surface area contributed by atoms with Crippen LogP contribution in [0.15, 0.2) is 0 Å². The van der Waals surface area contributed by atoms with Crippen LogP contribution < -0.4 is 21.9 Å². The van der Waals surface area contributed by atoms with Crippen molar-refractivity contribution in [3.63, 3.8) is 0 Å². The highest BCUT2D eigenvalue weighted by molar-refractivity contribution is 4.35. The van der Waals surface area contributed by atoms with E-state index >= 15 is 0 Å². The molecule has 0 radical (unpaired) electrons. The molecule has 0 rings (SSSR count). The Morgan fingerprint density at radius 2 is 1.11 bits per heavy atom. The first kappa shape index (κ1) is 12.1. The van der Waals surface area contributed by atoms with Gasteiger partial charge in [0, 0.05) is 0 Å². The quantitative estimate of drug-likeness (QED) is 0.491. The molecule has 0 amide bonds. The normalized spacial score (nSPS) is 10.7. The monoisotopic (exact) mass is 195 g/mol. The zero-order valence-corrected chi connectivity index (χ0v) is 8.62. The van der Waals surface area contributed by atoms with Crippen LogP contribution in [0.1, 0.15) is 27.7 Å². The first-order valence-electron chi connectivity index (χ1n) is 3.39. The van der Waals surface area contributed by atoms with Gasteiger partial charge in [0.15, 0.2) is 0 Å². The number of halogens is 1. The SMILES string of the molecule is CC(C)[NH+](C)C(C)C.[Br-]. The zero-order valence-electron chi connectivity index (χ0n) is 7.03. The van der Waals surface area contributed by atoms with E-state index < -0.39 is 0 Å². The maximum atomic E-state index is 2.25. The Hall–Kier alpha value is 0.440. The Labute approximate surface area is 69.2 Å². The second-order valence-corrected chi connectivity index (χ2v) is 3.05. The van der Waals surface area contributed by atoms with Crippen molar-refractivity contribution in [3.05, 3.63) is 0 Å². The van der Waals surface area contributed by atoms with Crippen molar-refractivity contribution >= 4 is 0 Å². The highest BCUT2D eigenvalue weighted by atomic mass is 79.9. The van der Waals surface area contributed by atoms with Gasteiger partial charge in [-0.2, -0.15) is 0 Å². The average molecular weight is 196 g/mol. The Morgan fingerprint density at radius 1 is 0.889 bits per heavy atom. The molecule has 0 aliphatic carbocycles. The number of nitrogens with one attached hydrogen (secondary N) is 1. The predicted octanol–water partition coefficient (Wildman–Crippen LogP) is -2.68. The molecule has 0 spiro atoms. The van der Waals surface area contributed by atoms with E-state index in [-0.39, 0.29) is 17.0 Å². The molecule has 0 aromatic rings. The summed E-state index contributed by atoms with van der Waals surface area (Å²) in [6.07, 6.45) is 0. The molecule has 0 aliphatic heterocycles. The van der Waals surface area contributed by atoms with E-state index in [4.69, 9.17) is 0 Å². The van der Waals surface area contributed by atoms with Gasteiger partial charge in [-0.25, -0.2) is 0 Å². The van der Waals surface area contributed by atoms with E-state index in [0.29, 0.717) is 0 Å². The van der Waals surface area contributed by atoms with Gasteiger partial charge in [0.1, 0.15) is 0 Å². The van der Waals surface area contributed by atoms with Crippen LogP contribution in [-0.4, -0.2) is 19.1 Å². The van der Waals surface area contributed by atoms with E-state index in [0.717, 1.165) is 12.1 Å². The summed E-state index contributed by atoms with van der Waals surface area (Å²) in [4.78, 5) is 1.60. The minimum Gasteiger partial charge on any atom is -1.00 e. The van der Waals surface area contributed by atoms with E-state index in [1.807, 2.05) is 0 Å². The molecule has 0 bridgehead atoms. The van der Waals surface area contributed by atoms with Crippen LogP contribution in [-0.2, 0) is 0 Å². The summed E-state index contributed by atoms with van der Waals surface area (Å²) in [5.74, 6) is 0. The van der Waals surface area contributed by atoms with Crippen molar-refractivity contribution in [1.29, 1.82) is 0 Å². The third-order valence-corrected chi connectivity index (χ3v) is 1.82. The van der Waals surface area contributed by atoms with Crippen LogP contribution in [0.2, 0.25) is 0 Å². The van der Waals surface area contributed by atoms with Crippen LogP contribution in [0.4, 0.5) is 0 Å². The fraction of sp³-hybridized carbons (Fsp3) is 1.00. The molecular weight excluding hydrogens is 178 g/mol. The van der Waals surface area contributed by atoms with Gasteiger partial charge in [-0.05, 0) is 27.7 Å². The van der Waals surface area contributed by atoms with Crippen LogP contribution in [0, 0.1) is 0 Å². The molecule has 0 fully saturated rings. The number of hydrogen-bond donors (Lipinski definition) is 1. The van der Waals surface area contributed by atoms with Crippen molar-refractivity contribution in [1.82, 2.24) is 0 Å². The van der Waals surface area contributed by atoms with Gasteiger partial charge in [0.25, 0.3) is 0 Å². The predicted molar refractivity (Wildman–Crippen MR) is 37.2 cm³/mol. The van der Waals surface area contributed by atoms with E-state index in [9.17, 15) is 0 Å². The summed E-state index contributed by atoms with van der Waals surface area (Å²) >= 11 is 0. The Kier molecular flexibility index (Phi) is 7.08. The molecule has 0 aromatic heterocycles. The standard InChI is InChI=1S/C7H17N.BrH/c1-6(2)8(5)7(3)4;/h6-7H,1-5H3;1H. The first-order valence-corrected chi connectivity index (χ1v) is 3.39. The maximum Gasteiger partial charge on any atom is 0.0817 e. The highest BCUT2D eigenvalue weighted by Crippen LogP contribution is 1.71. The van der Waals surface area contributed by atoms with Crippen LogP contribution >= 0.6 is 0 Å². The second kappa shape index (κ2) is 5.24. The molecule has 0 saturated heterocycles. The van der Waals surface area contributed by atoms with Crippen LogP contribution in [0.5, 0.6) is 0 Å². The topological polar surface area (TPSA) is 4.44 Å². The van der Waals surface area contributed by atoms with Gasteiger partial charge >= 0.3 is 0 Å². The summed E-state index contributed by atoms with van der Waals surface area (Å²) in [7, 11) is 2.23. The van der Waals surface area contributed by atoms with Gasteiger partial charge in [0.05, 0.1) is 19.1 Å². The summed E-state index contributed by atoms with van der Waals surface area (Å²) in [5.41, 5.74) is 0. The summed E-state index contributed by atoms with van der Waals surface area (Å²) < 4.78 is 0.